The van der Waals surface area contributed by atoms with Crippen LogP contribution in [0.25, 0.3) is 0 Å². The Hall–Kier alpha value is -1.88. The van der Waals surface area contributed by atoms with Crippen molar-refractivity contribution in [3.63, 3.8) is 0 Å². The van der Waals surface area contributed by atoms with Crippen molar-refractivity contribution in [1.82, 2.24) is 9.80 Å². The maximum atomic E-state index is 12.8. The number of hydrogen-bond donors (Lipinski definition) is 0. The van der Waals surface area contributed by atoms with Crippen molar-refractivity contribution in [3.8, 4) is 0 Å². The van der Waals surface area contributed by atoms with Gasteiger partial charge in [-0.3, -0.25) is 14.5 Å². The zero-order valence-corrected chi connectivity index (χ0v) is 17.0. The highest BCUT2D eigenvalue weighted by Gasteiger charge is 2.28. The molecule has 0 saturated carbocycles. The second-order valence-electron chi connectivity index (χ2n) is 7.73. The van der Waals surface area contributed by atoms with Crippen molar-refractivity contribution in [1.29, 1.82) is 0 Å². The first-order valence-corrected chi connectivity index (χ1v) is 10.2. The Morgan fingerprint density at radius 1 is 1.19 bits per heavy atom. The number of carbonyl (C=O) groups excluding carboxylic acids is 2. The van der Waals surface area contributed by atoms with Gasteiger partial charge < -0.3 is 9.64 Å². The molecule has 1 aliphatic rings. The van der Waals surface area contributed by atoms with E-state index in [0.717, 1.165) is 32.5 Å². The normalized spacial score (nSPS) is 15.7. The Balaban J connectivity index is 1.91. The lowest BCUT2D eigenvalue weighted by Gasteiger charge is -2.39. The summed E-state index contributed by atoms with van der Waals surface area (Å²) in [5.74, 6) is 0.262. The smallest absolute Gasteiger partial charge is 0.307 e. The number of benzene rings is 1. The third kappa shape index (κ3) is 7.33. The average Bonchev–Trinajstić information content (AvgIpc) is 2.64. The molecule has 0 atom stereocenters. The molecule has 2 rings (SSSR count). The van der Waals surface area contributed by atoms with Gasteiger partial charge in [0.05, 0.1) is 13.0 Å². The highest BCUT2D eigenvalue weighted by molar-refractivity contribution is 5.77. The van der Waals surface area contributed by atoms with Crippen molar-refractivity contribution in [2.75, 3.05) is 26.2 Å². The van der Waals surface area contributed by atoms with Crippen LogP contribution in [0.4, 0.5) is 0 Å². The summed E-state index contributed by atoms with van der Waals surface area (Å²) >= 11 is 0. The van der Waals surface area contributed by atoms with Gasteiger partial charge in [0.2, 0.25) is 5.91 Å². The van der Waals surface area contributed by atoms with Crippen LogP contribution >= 0.6 is 0 Å². The van der Waals surface area contributed by atoms with Crippen LogP contribution in [0, 0.1) is 5.92 Å². The van der Waals surface area contributed by atoms with Gasteiger partial charge in [0.15, 0.2) is 0 Å². The van der Waals surface area contributed by atoms with Gasteiger partial charge in [-0.15, -0.1) is 0 Å². The summed E-state index contributed by atoms with van der Waals surface area (Å²) in [6, 6.07) is 10.7. The molecule has 0 N–H and O–H groups in total. The molecule has 0 aliphatic carbocycles. The number of likely N-dealkylation sites (tertiary alicyclic amines) is 1. The molecular formula is C22H34N2O3. The van der Waals surface area contributed by atoms with Crippen LogP contribution in [-0.4, -0.2) is 54.0 Å². The van der Waals surface area contributed by atoms with Crippen molar-refractivity contribution in [3.05, 3.63) is 35.9 Å². The lowest BCUT2D eigenvalue weighted by molar-refractivity contribution is -0.144. The minimum absolute atomic E-state index is 0.163. The van der Waals surface area contributed by atoms with E-state index in [-0.39, 0.29) is 24.3 Å². The van der Waals surface area contributed by atoms with Crippen molar-refractivity contribution in [2.24, 2.45) is 5.92 Å². The number of amides is 1. The molecule has 1 fully saturated rings. The lowest BCUT2D eigenvalue weighted by atomic mass is 10.0. The molecule has 0 unspecified atom stereocenters. The molecule has 1 heterocycles. The molecule has 1 aromatic carbocycles. The predicted molar refractivity (Wildman–Crippen MR) is 107 cm³/mol. The fourth-order valence-corrected chi connectivity index (χ4v) is 3.65. The maximum absolute atomic E-state index is 12.8. The largest absolute Gasteiger partial charge is 0.466 e. The number of ether oxygens (including phenoxy) is 1. The summed E-state index contributed by atoms with van der Waals surface area (Å²) in [4.78, 5) is 28.9. The average molecular weight is 375 g/mol. The standard InChI is InChI=1S/C22H34N2O3/c1-4-27-22(26)12-15-24(21(25)16-18(2)3)20-10-13-23(14-11-20)17-19-8-6-5-7-9-19/h5-9,18,20H,4,10-17H2,1-3H3. The Kier molecular flexibility index (Phi) is 8.79. The quantitative estimate of drug-likeness (QED) is 0.621. The van der Waals surface area contributed by atoms with Crippen molar-refractivity contribution < 1.29 is 14.3 Å². The predicted octanol–water partition coefficient (Wildman–Crippen LogP) is 3.48. The second-order valence-corrected chi connectivity index (χ2v) is 7.73. The van der Waals surface area contributed by atoms with Crippen molar-refractivity contribution in [2.45, 2.75) is 59.0 Å². The van der Waals surface area contributed by atoms with E-state index in [4.69, 9.17) is 4.74 Å². The zero-order valence-electron chi connectivity index (χ0n) is 17.0. The van der Waals surface area contributed by atoms with Crippen LogP contribution in [-0.2, 0) is 20.9 Å². The molecule has 0 bridgehead atoms. The van der Waals surface area contributed by atoms with E-state index in [9.17, 15) is 9.59 Å². The fraction of sp³-hybridized carbons (Fsp3) is 0.636. The number of rotatable bonds is 9. The van der Waals surface area contributed by atoms with Crippen LogP contribution in [0.1, 0.15) is 52.0 Å². The third-order valence-electron chi connectivity index (χ3n) is 5.01. The van der Waals surface area contributed by atoms with Gasteiger partial charge >= 0.3 is 5.97 Å². The van der Waals surface area contributed by atoms with E-state index in [1.807, 2.05) is 17.9 Å². The summed E-state index contributed by atoms with van der Waals surface area (Å²) in [7, 11) is 0. The number of nitrogens with zero attached hydrogens (tertiary/aromatic N) is 2. The van der Waals surface area contributed by atoms with E-state index in [1.165, 1.54) is 5.56 Å². The number of piperidine rings is 1. The van der Waals surface area contributed by atoms with Gasteiger partial charge in [-0.2, -0.15) is 0 Å². The lowest BCUT2D eigenvalue weighted by Crippen LogP contribution is -2.48. The summed E-state index contributed by atoms with van der Waals surface area (Å²) in [5, 5.41) is 0. The molecule has 1 amide bonds. The van der Waals surface area contributed by atoms with Gasteiger partial charge in [0.1, 0.15) is 0 Å². The Morgan fingerprint density at radius 2 is 1.85 bits per heavy atom. The molecule has 150 valence electrons. The minimum Gasteiger partial charge on any atom is -0.466 e. The monoisotopic (exact) mass is 374 g/mol. The summed E-state index contributed by atoms with van der Waals surface area (Å²) in [6.07, 6.45) is 2.73. The zero-order chi connectivity index (χ0) is 19.6. The van der Waals surface area contributed by atoms with Gasteiger partial charge in [-0.05, 0) is 31.2 Å². The number of carbonyl (C=O) groups is 2. The van der Waals surface area contributed by atoms with Gasteiger partial charge in [0, 0.05) is 38.6 Å². The van der Waals surface area contributed by atoms with Crippen LogP contribution in [0.2, 0.25) is 0 Å². The Morgan fingerprint density at radius 3 is 2.44 bits per heavy atom. The van der Waals surface area contributed by atoms with Crippen LogP contribution < -0.4 is 0 Å². The summed E-state index contributed by atoms with van der Waals surface area (Å²) < 4.78 is 5.04. The van der Waals surface area contributed by atoms with Gasteiger partial charge in [-0.25, -0.2) is 0 Å². The molecule has 0 spiro atoms. The summed E-state index contributed by atoms with van der Waals surface area (Å²) in [5.41, 5.74) is 1.33. The second kappa shape index (κ2) is 11.1. The first kappa shape index (κ1) is 21.4. The first-order chi connectivity index (χ1) is 13.0. The van der Waals surface area contributed by atoms with Crippen LogP contribution in [0.5, 0.6) is 0 Å². The Bertz CT molecular complexity index is 580. The molecule has 1 aromatic rings. The molecular weight excluding hydrogens is 340 g/mol. The van der Waals surface area contributed by atoms with E-state index in [1.54, 1.807) is 0 Å². The highest BCUT2D eigenvalue weighted by Crippen LogP contribution is 2.21. The molecule has 1 aliphatic heterocycles. The third-order valence-corrected chi connectivity index (χ3v) is 5.01. The number of esters is 1. The Labute approximate surface area is 163 Å². The van der Waals surface area contributed by atoms with Crippen LogP contribution in [0.15, 0.2) is 30.3 Å². The highest BCUT2D eigenvalue weighted by atomic mass is 16.5. The number of hydrogen-bond acceptors (Lipinski definition) is 4. The van der Waals surface area contributed by atoms with E-state index < -0.39 is 0 Å². The molecule has 0 radical (unpaired) electrons. The molecule has 0 aromatic heterocycles. The molecule has 1 saturated heterocycles. The molecule has 5 nitrogen and oxygen atoms in total. The molecule has 5 heteroatoms. The summed E-state index contributed by atoms with van der Waals surface area (Å²) in [6.45, 7) is 9.69. The van der Waals surface area contributed by atoms with Gasteiger partial charge in [0.25, 0.3) is 0 Å². The topological polar surface area (TPSA) is 49.9 Å². The van der Waals surface area contributed by atoms with Crippen LogP contribution in [0.3, 0.4) is 0 Å². The van der Waals surface area contributed by atoms with Crippen molar-refractivity contribution >= 4 is 11.9 Å². The van der Waals surface area contributed by atoms with E-state index >= 15 is 0 Å². The first-order valence-electron chi connectivity index (χ1n) is 10.2. The van der Waals surface area contributed by atoms with Gasteiger partial charge in [-0.1, -0.05) is 44.2 Å². The fourth-order valence-electron chi connectivity index (χ4n) is 3.65. The SMILES string of the molecule is CCOC(=O)CCN(C(=O)CC(C)C)C1CCN(Cc2ccccc2)CC1. The minimum atomic E-state index is -0.221. The molecule has 27 heavy (non-hydrogen) atoms. The maximum Gasteiger partial charge on any atom is 0.307 e. The van der Waals surface area contributed by atoms with E-state index in [2.05, 4.69) is 43.0 Å². The van der Waals surface area contributed by atoms with E-state index in [0.29, 0.717) is 25.5 Å².